The van der Waals surface area contributed by atoms with Gasteiger partial charge in [-0.25, -0.2) is 9.78 Å². The average Bonchev–Trinajstić information content (AvgIpc) is 2.67. The number of nitrogens with one attached hydrogen (secondary N) is 2. The molecule has 0 saturated carbocycles. The maximum absolute atomic E-state index is 11.6. The summed E-state index contributed by atoms with van der Waals surface area (Å²) in [4.78, 5) is 27.3. The van der Waals surface area contributed by atoms with Gasteiger partial charge < -0.3 is 30.6 Å². The van der Waals surface area contributed by atoms with Gasteiger partial charge in [-0.1, -0.05) is 12.1 Å². The largest absolute Gasteiger partial charge is 0.511 e. The molecule has 0 bridgehead atoms. The van der Waals surface area contributed by atoms with E-state index in [0.717, 1.165) is 0 Å². The SMILES string of the molecule is CNCC(=O)Nc1ccc(N=Nc2ccccc2OC(C)OC(=O)OC(C)C)c(N)n1. The molecule has 0 spiro atoms. The third-order valence-electron chi connectivity index (χ3n) is 3.53. The maximum atomic E-state index is 11.6. The molecule has 1 aromatic heterocycles. The lowest BCUT2D eigenvalue weighted by Gasteiger charge is -2.16. The van der Waals surface area contributed by atoms with E-state index < -0.39 is 12.4 Å². The van der Waals surface area contributed by atoms with Crippen LogP contribution in [0.5, 0.6) is 5.75 Å². The molecule has 1 amide bonds. The van der Waals surface area contributed by atoms with Crippen LogP contribution in [0.3, 0.4) is 0 Å². The zero-order valence-corrected chi connectivity index (χ0v) is 17.8. The number of hydrogen-bond acceptors (Lipinski definition) is 10. The molecule has 4 N–H and O–H groups in total. The second-order valence-corrected chi connectivity index (χ2v) is 6.57. The van der Waals surface area contributed by atoms with E-state index in [9.17, 15) is 9.59 Å². The molecular weight excluding hydrogens is 404 g/mol. The summed E-state index contributed by atoms with van der Waals surface area (Å²) in [5.74, 6) is 0.499. The summed E-state index contributed by atoms with van der Waals surface area (Å²) in [6.07, 6.45) is -2.04. The third-order valence-corrected chi connectivity index (χ3v) is 3.53. The van der Waals surface area contributed by atoms with Crippen molar-refractivity contribution < 1.29 is 23.8 Å². The van der Waals surface area contributed by atoms with Crippen molar-refractivity contribution in [2.75, 3.05) is 24.6 Å². The average molecular weight is 430 g/mol. The number of nitrogen functional groups attached to an aromatic ring is 1. The van der Waals surface area contributed by atoms with Crippen molar-refractivity contribution >= 4 is 35.1 Å². The number of carbonyl (C=O) groups is 2. The van der Waals surface area contributed by atoms with Crippen LogP contribution in [-0.4, -0.2) is 43.0 Å². The molecule has 2 aromatic rings. The Morgan fingerprint density at radius 1 is 1.06 bits per heavy atom. The first-order chi connectivity index (χ1) is 14.8. The molecule has 1 heterocycles. The van der Waals surface area contributed by atoms with E-state index in [1.54, 1.807) is 64.2 Å². The highest BCUT2D eigenvalue weighted by atomic mass is 16.8. The van der Waals surface area contributed by atoms with Crippen molar-refractivity contribution in [3.8, 4) is 5.75 Å². The normalized spacial score (nSPS) is 11.9. The number of hydrogen-bond donors (Lipinski definition) is 3. The van der Waals surface area contributed by atoms with Gasteiger partial charge in [-0.3, -0.25) is 4.79 Å². The highest BCUT2D eigenvalue weighted by Crippen LogP contribution is 2.31. The summed E-state index contributed by atoms with van der Waals surface area (Å²) in [5.41, 5.74) is 6.62. The number of pyridine rings is 1. The lowest BCUT2D eigenvalue weighted by molar-refractivity contribution is -0.115. The smallest absolute Gasteiger partial charge is 0.453 e. The second-order valence-electron chi connectivity index (χ2n) is 6.57. The number of rotatable bonds is 9. The number of ether oxygens (including phenoxy) is 3. The number of nitrogens with zero attached hydrogens (tertiary/aromatic N) is 3. The molecule has 0 aliphatic rings. The number of nitrogens with two attached hydrogens (primary N) is 1. The standard InChI is InChI=1S/C20H26N6O5/c1-12(2)29-20(28)31-13(3)30-16-8-6-5-7-14(16)25-26-15-9-10-17(24-19(15)21)23-18(27)11-22-4/h5-10,12-13,22H,11H2,1-4H3,(H3,21,23,24,27). The van der Waals surface area contributed by atoms with Crippen molar-refractivity contribution in [3.63, 3.8) is 0 Å². The molecule has 1 aromatic carbocycles. The summed E-state index contributed by atoms with van der Waals surface area (Å²) in [6.45, 7) is 5.13. The quantitative estimate of drug-likeness (QED) is 0.311. The Bertz CT molecular complexity index is 934. The van der Waals surface area contributed by atoms with Crippen LogP contribution in [0.4, 0.5) is 27.8 Å². The van der Waals surface area contributed by atoms with Crippen LogP contribution in [-0.2, 0) is 14.3 Å². The summed E-state index contributed by atoms with van der Waals surface area (Å²) in [6, 6.07) is 9.97. The Morgan fingerprint density at radius 3 is 2.45 bits per heavy atom. The van der Waals surface area contributed by atoms with Gasteiger partial charge in [0.25, 0.3) is 0 Å². The van der Waals surface area contributed by atoms with E-state index in [1.165, 1.54) is 0 Å². The van der Waals surface area contributed by atoms with Gasteiger partial charge in [0, 0.05) is 6.92 Å². The van der Waals surface area contributed by atoms with E-state index in [2.05, 4.69) is 25.8 Å². The van der Waals surface area contributed by atoms with Crippen molar-refractivity contribution in [1.29, 1.82) is 0 Å². The maximum Gasteiger partial charge on any atom is 0.511 e. The van der Waals surface area contributed by atoms with Gasteiger partial charge in [0.2, 0.25) is 12.2 Å². The first kappa shape index (κ1) is 23.5. The van der Waals surface area contributed by atoms with Crippen molar-refractivity contribution in [2.45, 2.75) is 33.2 Å². The minimum absolute atomic E-state index is 0.0949. The Balaban J connectivity index is 2.08. The molecule has 2 rings (SSSR count). The van der Waals surface area contributed by atoms with Crippen molar-refractivity contribution in [3.05, 3.63) is 36.4 Å². The Morgan fingerprint density at radius 2 is 1.77 bits per heavy atom. The van der Waals surface area contributed by atoms with E-state index in [1.807, 2.05) is 0 Å². The molecule has 31 heavy (non-hydrogen) atoms. The van der Waals surface area contributed by atoms with E-state index in [0.29, 0.717) is 22.9 Å². The monoisotopic (exact) mass is 430 g/mol. The van der Waals surface area contributed by atoms with Crippen molar-refractivity contribution in [1.82, 2.24) is 10.3 Å². The van der Waals surface area contributed by atoms with Crippen LogP contribution in [0.15, 0.2) is 46.6 Å². The Kier molecular flexibility index (Phi) is 8.70. The van der Waals surface area contributed by atoms with Crippen LogP contribution in [0.1, 0.15) is 20.8 Å². The minimum atomic E-state index is -0.908. The molecule has 11 heteroatoms. The molecule has 0 aliphatic carbocycles. The van der Waals surface area contributed by atoms with Crippen LogP contribution in [0.25, 0.3) is 0 Å². The Hall–Kier alpha value is -3.73. The van der Waals surface area contributed by atoms with Gasteiger partial charge in [-0.05, 0) is 45.2 Å². The molecule has 0 fully saturated rings. The summed E-state index contributed by atoms with van der Waals surface area (Å²) >= 11 is 0. The molecule has 0 radical (unpaired) electrons. The second kappa shape index (κ2) is 11.5. The third kappa shape index (κ3) is 7.90. The highest BCUT2D eigenvalue weighted by Gasteiger charge is 2.15. The predicted molar refractivity (Wildman–Crippen MR) is 115 cm³/mol. The molecule has 1 atom stereocenters. The zero-order chi connectivity index (χ0) is 22.8. The van der Waals surface area contributed by atoms with Crippen LogP contribution in [0, 0.1) is 0 Å². The summed E-state index contributed by atoms with van der Waals surface area (Å²) in [7, 11) is 1.66. The number of para-hydroxylation sites is 1. The van der Waals surface area contributed by atoms with Crippen LogP contribution < -0.4 is 21.1 Å². The van der Waals surface area contributed by atoms with Gasteiger partial charge in [0.15, 0.2) is 11.6 Å². The minimum Gasteiger partial charge on any atom is -0.453 e. The van der Waals surface area contributed by atoms with Gasteiger partial charge >= 0.3 is 6.16 Å². The van der Waals surface area contributed by atoms with Gasteiger partial charge in [-0.2, -0.15) is 0 Å². The summed E-state index contributed by atoms with van der Waals surface area (Å²) < 4.78 is 15.6. The van der Waals surface area contributed by atoms with E-state index in [4.69, 9.17) is 19.9 Å². The zero-order valence-electron chi connectivity index (χ0n) is 17.8. The number of amides is 1. The fourth-order valence-electron chi connectivity index (χ4n) is 2.28. The number of aromatic nitrogens is 1. The topological polar surface area (TPSA) is 150 Å². The number of likely N-dealkylation sites (N-methyl/N-ethyl adjacent to an activating group) is 1. The molecule has 11 nitrogen and oxygen atoms in total. The van der Waals surface area contributed by atoms with Crippen LogP contribution in [0.2, 0.25) is 0 Å². The number of azo groups is 1. The highest BCUT2D eigenvalue weighted by molar-refractivity contribution is 5.91. The lowest BCUT2D eigenvalue weighted by atomic mass is 10.3. The number of benzene rings is 1. The van der Waals surface area contributed by atoms with Gasteiger partial charge in [0.1, 0.15) is 17.2 Å². The van der Waals surface area contributed by atoms with Gasteiger partial charge in [0.05, 0.1) is 12.6 Å². The van der Waals surface area contributed by atoms with Crippen LogP contribution >= 0.6 is 0 Å². The Labute approximate surface area is 180 Å². The molecule has 0 aliphatic heterocycles. The first-order valence-corrected chi connectivity index (χ1v) is 9.54. The molecule has 0 saturated heterocycles. The fourth-order valence-corrected chi connectivity index (χ4v) is 2.28. The number of anilines is 2. The van der Waals surface area contributed by atoms with Crippen molar-refractivity contribution in [2.24, 2.45) is 10.2 Å². The molecule has 166 valence electrons. The van der Waals surface area contributed by atoms with E-state index >= 15 is 0 Å². The lowest BCUT2D eigenvalue weighted by Crippen LogP contribution is -2.25. The predicted octanol–water partition coefficient (Wildman–Crippen LogP) is 3.52. The molecule has 1 unspecified atom stereocenters. The first-order valence-electron chi connectivity index (χ1n) is 9.54. The fraction of sp³-hybridized carbons (Fsp3) is 0.350. The van der Waals surface area contributed by atoms with E-state index in [-0.39, 0.29) is 24.4 Å². The number of carbonyl (C=O) groups excluding carboxylic acids is 2. The molecular formula is C20H26N6O5. The summed E-state index contributed by atoms with van der Waals surface area (Å²) in [5, 5.41) is 13.6. The van der Waals surface area contributed by atoms with Gasteiger partial charge in [-0.15, -0.1) is 10.2 Å².